The summed E-state index contributed by atoms with van der Waals surface area (Å²) < 4.78 is 66.2. The van der Waals surface area contributed by atoms with Crippen LogP contribution in [0.15, 0.2) is 64.5 Å². The summed E-state index contributed by atoms with van der Waals surface area (Å²) in [5, 5.41) is 0.729. The average Bonchev–Trinajstić information content (AvgIpc) is 2.91. The van der Waals surface area contributed by atoms with Gasteiger partial charge in [-0.1, -0.05) is 12.1 Å². The number of aryl methyl sites for hydroxylation is 1. The lowest BCUT2D eigenvalue weighted by Crippen LogP contribution is -2.00. The Morgan fingerprint density at radius 2 is 1.38 bits per heavy atom. The summed E-state index contributed by atoms with van der Waals surface area (Å²) in [6, 6.07) is 11.8. The van der Waals surface area contributed by atoms with Gasteiger partial charge in [0.25, 0.3) is 20.2 Å². The van der Waals surface area contributed by atoms with E-state index < -0.39 is 30.0 Å². The van der Waals surface area contributed by atoms with Crippen molar-refractivity contribution in [1.82, 2.24) is 9.97 Å². The average molecular weight is 430 g/mol. The van der Waals surface area contributed by atoms with E-state index in [-0.39, 0.29) is 5.39 Å². The van der Waals surface area contributed by atoms with Crippen molar-refractivity contribution in [3.8, 4) is 22.5 Å². The smallest absolute Gasteiger partial charge is 0.282 e. The maximum absolute atomic E-state index is 11.8. The SMILES string of the molecule is Cc1cccccnc2c(n1)-c1cc(S(=O)(=O)O)cc3cc(S(=O)(=O)O)cc-2c13. The van der Waals surface area contributed by atoms with Gasteiger partial charge in [0.05, 0.1) is 21.2 Å². The number of hydrogen-bond donors (Lipinski definition) is 2. The van der Waals surface area contributed by atoms with Crippen LogP contribution in [0.4, 0.5) is 0 Å². The Morgan fingerprint density at radius 3 is 1.97 bits per heavy atom. The van der Waals surface area contributed by atoms with E-state index in [0.29, 0.717) is 33.6 Å². The zero-order valence-corrected chi connectivity index (χ0v) is 16.6. The van der Waals surface area contributed by atoms with E-state index in [1.54, 1.807) is 31.2 Å². The van der Waals surface area contributed by atoms with Gasteiger partial charge in [0.1, 0.15) is 0 Å². The van der Waals surface area contributed by atoms with Crippen molar-refractivity contribution in [2.45, 2.75) is 16.7 Å². The monoisotopic (exact) mass is 430 g/mol. The Labute approximate surface area is 166 Å². The summed E-state index contributed by atoms with van der Waals surface area (Å²) in [7, 11) is -9.16. The van der Waals surface area contributed by atoms with Crippen LogP contribution in [-0.4, -0.2) is 35.9 Å². The van der Waals surface area contributed by atoms with Gasteiger partial charge in [0.15, 0.2) is 0 Å². The summed E-state index contributed by atoms with van der Waals surface area (Å²) in [5.74, 6) is 0. The fourth-order valence-corrected chi connectivity index (χ4v) is 4.36. The van der Waals surface area contributed by atoms with Crippen LogP contribution in [0.2, 0.25) is 0 Å². The van der Waals surface area contributed by atoms with Crippen LogP contribution in [0.3, 0.4) is 0 Å². The molecular weight excluding hydrogens is 416 g/mol. The molecule has 2 N–H and O–H groups in total. The Bertz CT molecular complexity index is 1460. The maximum Gasteiger partial charge on any atom is 0.294 e. The number of rotatable bonds is 2. The van der Waals surface area contributed by atoms with Crippen LogP contribution in [0.1, 0.15) is 5.69 Å². The predicted molar refractivity (Wildman–Crippen MR) is 106 cm³/mol. The lowest BCUT2D eigenvalue weighted by molar-refractivity contribution is 0.481. The molecular formula is C19H14N2O6S2. The summed E-state index contributed by atoms with van der Waals surface area (Å²) >= 11 is 0. The highest BCUT2D eigenvalue weighted by molar-refractivity contribution is 7.86. The first-order chi connectivity index (χ1) is 13.6. The Morgan fingerprint density at radius 1 is 0.793 bits per heavy atom. The molecule has 0 saturated heterocycles. The third-order valence-electron chi connectivity index (χ3n) is 4.46. The number of hydrogen-bond acceptors (Lipinski definition) is 6. The molecule has 4 rings (SSSR count). The van der Waals surface area contributed by atoms with E-state index in [2.05, 4.69) is 9.97 Å². The molecule has 29 heavy (non-hydrogen) atoms. The minimum atomic E-state index is -4.58. The first-order valence-corrected chi connectivity index (χ1v) is 11.2. The van der Waals surface area contributed by atoms with Crippen LogP contribution in [0.5, 0.6) is 0 Å². The topological polar surface area (TPSA) is 135 Å². The van der Waals surface area contributed by atoms with Crippen molar-refractivity contribution < 1.29 is 25.9 Å². The highest BCUT2D eigenvalue weighted by Crippen LogP contribution is 2.46. The predicted octanol–water partition coefficient (Wildman–Crippen LogP) is 3.20. The standard InChI is InChI=1S/C19H14N2O6S2/c1-11-5-3-2-4-6-20-18-15-9-13(28(22,23)24)7-12-8-14(29(25,26)27)10-16(17(12)15)19(18)21-11/h2-10H,1H3,(H,22,23,24)(H,25,26,27). The zero-order valence-electron chi connectivity index (χ0n) is 14.9. The molecule has 1 aliphatic carbocycles. The normalized spacial score (nSPS) is 12.5. The van der Waals surface area contributed by atoms with Crippen molar-refractivity contribution in [3.63, 3.8) is 0 Å². The molecule has 0 saturated carbocycles. The van der Waals surface area contributed by atoms with E-state index in [1.807, 2.05) is 0 Å². The van der Waals surface area contributed by atoms with Crippen molar-refractivity contribution >= 4 is 31.0 Å². The van der Waals surface area contributed by atoms with Gasteiger partial charge in [0.2, 0.25) is 0 Å². The molecule has 0 radical (unpaired) electrons. The van der Waals surface area contributed by atoms with Gasteiger partial charge in [-0.25, -0.2) is 0 Å². The molecule has 0 fully saturated rings. The van der Waals surface area contributed by atoms with Crippen LogP contribution < -0.4 is 0 Å². The van der Waals surface area contributed by atoms with E-state index in [4.69, 9.17) is 0 Å². The van der Waals surface area contributed by atoms with Gasteiger partial charge in [0, 0.05) is 28.4 Å². The number of nitrogens with zero attached hydrogens (tertiary/aromatic N) is 2. The van der Waals surface area contributed by atoms with Crippen molar-refractivity contribution in [2.75, 3.05) is 0 Å². The first kappa shape index (κ1) is 19.4. The molecule has 0 atom stereocenters. The Balaban J connectivity index is 2.27. The quantitative estimate of drug-likeness (QED) is 0.463. The van der Waals surface area contributed by atoms with E-state index in [1.165, 1.54) is 18.3 Å². The Hall–Kier alpha value is -2.92. The first-order valence-electron chi connectivity index (χ1n) is 8.30. The molecule has 10 heteroatoms. The van der Waals surface area contributed by atoms with E-state index in [9.17, 15) is 25.9 Å². The van der Waals surface area contributed by atoms with Gasteiger partial charge in [-0.05, 0) is 48.7 Å². The van der Waals surface area contributed by atoms with Crippen LogP contribution >= 0.6 is 0 Å². The molecule has 0 bridgehead atoms. The minimum absolute atomic E-state index is 0.205. The van der Waals surface area contributed by atoms with E-state index in [0.717, 1.165) is 12.1 Å². The van der Waals surface area contributed by atoms with Gasteiger partial charge >= 0.3 is 0 Å². The molecule has 0 spiro atoms. The summed E-state index contributed by atoms with van der Waals surface area (Å²) in [6.07, 6.45) is 1.50. The summed E-state index contributed by atoms with van der Waals surface area (Å²) in [4.78, 5) is 8.06. The van der Waals surface area contributed by atoms with Gasteiger partial charge in [-0.15, -0.1) is 0 Å². The summed E-state index contributed by atoms with van der Waals surface area (Å²) in [6.45, 7) is 1.75. The van der Waals surface area contributed by atoms with E-state index >= 15 is 0 Å². The lowest BCUT2D eigenvalue weighted by Gasteiger charge is -2.07. The van der Waals surface area contributed by atoms with Gasteiger partial charge in [-0.3, -0.25) is 19.1 Å². The Kier molecular flexibility index (Phi) is 4.39. The number of benzene rings is 2. The minimum Gasteiger partial charge on any atom is -0.282 e. The molecule has 148 valence electrons. The van der Waals surface area contributed by atoms with Gasteiger partial charge in [-0.2, -0.15) is 16.8 Å². The molecule has 2 aromatic carbocycles. The second kappa shape index (κ2) is 6.56. The highest BCUT2D eigenvalue weighted by Gasteiger charge is 2.28. The van der Waals surface area contributed by atoms with Crippen LogP contribution in [-0.2, 0) is 20.2 Å². The molecule has 1 heterocycles. The molecule has 1 aliphatic rings. The fourth-order valence-electron chi connectivity index (χ4n) is 3.27. The van der Waals surface area contributed by atoms with Crippen LogP contribution in [0.25, 0.3) is 33.3 Å². The fraction of sp³-hybridized carbons (Fsp3) is 0.0526. The maximum atomic E-state index is 11.8. The number of fused-ring (bicyclic) bond motifs is 3. The number of aromatic nitrogens is 2. The second-order valence-electron chi connectivity index (χ2n) is 6.46. The third kappa shape index (κ3) is 3.47. The lowest BCUT2D eigenvalue weighted by atomic mass is 10.0. The third-order valence-corrected chi connectivity index (χ3v) is 6.13. The van der Waals surface area contributed by atoms with Crippen molar-refractivity contribution in [3.05, 3.63) is 60.4 Å². The summed E-state index contributed by atoms with van der Waals surface area (Å²) in [5.41, 5.74) is 2.02. The second-order valence-corrected chi connectivity index (χ2v) is 9.31. The zero-order chi connectivity index (χ0) is 21.0. The highest BCUT2D eigenvalue weighted by atomic mass is 32.2. The van der Waals surface area contributed by atoms with Crippen LogP contribution in [0, 0.1) is 6.92 Å². The largest absolute Gasteiger partial charge is 0.294 e. The van der Waals surface area contributed by atoms with Crippen molar-refractivity contribution in [1.29, 1.82) is 0 Å². The molecule has 1 aromatic heterocycles. The molecule has 0 amide bonds. The molecule has 8 nitrogen and oxygen atoms in total. The molecule has 0 aliphatic heterocycles. The molecule has 0 unspecified atom stereocenters. The van der Waals surface area contributed by atoms with Gasteiger partial charge < -0.3 is 0 Å². The molecule has 3 aromatic rings. The van der Waals surface area contributed by atoms with Crippen molar-refractivity contribution in [2.24, 2.45) is 0 Å².